The van der Waals surface area contributed by atoms with Crippen molar-refractivity contribution in [2.75, 3.05) is 18.0 Å². The van der Waals surface area contributed by atoms with Gasteiger partial charge in [0, 0.05) is 43.6 Å². The first kappa shape index (κ1) is 14.7. The van der Waals surface area contributed by atoms with E-state index in [9.17, 15) is 0 Å². The van der Waals surface area contributed by atoms with Gasteiger partial charge in [0.25, 0.3) is 0 Å². The molecule has 1 aliphatic heterocycles. The molecule has 0 amide bonds. The predicted molar refractivity (Wildman–Crippen MR) is 93.0 cm³/mol. The lowest BCUT2D eigenvalue weighted by Crippen LogP contribution is -2.36. The number of piperidine rings is 1. The highest BCUT2D eigenvalue weighted by Crippen LogP contribution is 2.30. The Hall–Kier alpha value is -1.84. The van der Waals surface area contributed by atoms with Crippen LogP contribution in [0.4, 0.5) is 5.82 Å². The van der Waals surface area contributed by atoms with Gasteiger partial charge in [0.1, 0.15) is 11.6 Å². The van der Waals surface area contributed by atoms with Crippen LogP contribution >= 0.6 is 0 Å². The Morgan fingerprint density at radius 1 is 1.17 bits per heavy atom. The molecular formula is C19H26N4. The van der Waals surface area contributed by atoms with Gasteiger partial charge < -0.3 is 9.47 Å². The molecule has 1 aliphatic carbocycles. The molecule has 2 aliphatic rings. The summed E-state index contributed by atoms with van der Waals surface area (Å²) < 4.78 is 2.29. The molecule has 1 atom stereocenters. The minimum absolute atomic E-state index is 0.525. The van der Waals surface area contributed by atoms with Crippen LogP contribution < -0.4 is 4.90 Å². The maximum absolute atomic E-state index is 4.99. The number of imidazole rings is 1. The first-order chi connectivity index (χ1) is 11.3. The number of anilines is 1. The van der Waals surface area contributed by atoms with E-state index in [1.54, 1.807) is 0 Å². The molecule has 0 spiro atoms. The summed E-state index contributed by atoms with van der Waals surface area (Å²) in [6, 6.07) is 4.55. The van der Waals surface area contributed by atoms with Gasteiger partial charge in [0.15, 0.2) is 0 Å². The van der Waals surface area contributed by atoms with Crippen LogP contribution in [0, 0.1) is 0 Å². The lowest BCUT2D eigenvalue weighted by molar-refractivity contribution is 0.471. The van der Waals surface area contributed by atoms with Gasteiger partial charge in [-0.05, 0) is 57.1 Å². The fourth-order valence-corrected chi connectivity index (χ4v) is 4.09. The van der Waals surface area contributed by atoms with Crippen molar-refractivity contribution in [3.63, 3.8) is 0 Å². The molecule has 2 aromatic heterocycles. The maximum Gasteiger partial charge on any atom is 0.128 e. The highest BCUT2D eigenvalue weighted by molar-refractivity contribution is 5.43. The molecule has 4 rings (SSSR count). The van der Waals surface area contributed by atoms with E-state index in [1.807, 2.05) is 6.20 Å². The van der Waals surface area contributed by atoms with E-state index in [2.05, 4.69) is 39.7 Å². The third-order valence-corrected chi connectivity index (χ3v) is 5.36. The number of pyridine rings is 1. The topological polar surface area (TPSA) is 34.0 Å². The van der Waals surface area contributed by atoms with Gasteiger partial charge in [-0.25, -0.2) is 9.97 Å². The van der Waals surface area contributed by atoms with Gasteiger partial charge in [-0.15, -0.1) is 0 Å². The number of aryl methyl sites for hydroxylation is 3. The molecule has 1 saturated heterocycles. The lowest BCUT2D eigenvalue weighted by Gasteiger charge is -2.34. The molecule has 23 heavy (non-hydrogen) atoms. The standard InChI is InChI=1S/C19H26N4/c1-2-22-13-11-20-19(22)16-7-5-12-23(14-16)18-10-9-15-6-3-4-8-17(15)21-18/h9-11,13,16H,2-8,12,14H2,1H3/t16-/m0/s1. The van der Waals surface area contributed by atoms with Crippen molar-refractivity contribution in [2.24, 2.45) is 0 Å². The number of aromatic nitrogens is 3. The zero-order valence-electron chi connectivity index (χ0n) is 14.0. The van der Waals surface area contributed by atoms with Crippen LogP contribution in [0.25, 0.3) is 0 Å². The second kappa shape index (κ2) is 6.34. The zero-order chi connectivity index (χ0) is 15.6. The van der Waals surface area contributed by atoms with Crippen molar-refractivity contribution in [3.05, 3.63) is 41.6 Å². The van der Waals surface area contributed by atoms with E-state index >= 15 is 0 Å². The number of hydrogen-bond donors (Lipinski definition) is 0. The summed E-state index contributed by atoms with van der Waals surface area (Å²) >= 11 is 0. The molecular weight excluding hydrogens is 284 g/mol. The van der Waals surface area contributed by atoms with E-state index in [0.29, 0.717) is 5.92 Å². The quantitative estimate of drug-likeness (QED) is 0.869. The van der Waals surface area contributed by atoms with Crippen LogP contribution in [0.5, 0.6) is 0 Å². The Balaban J connectivity index is 1.55. The Kier molecular flexibility index (Phi) is 4.06. The monoisotopic (exact) mass is 310 g/mol. The molecule has 4 nitrogen and oxygen atoms in total. The van der Waals surface area contributed by atoms with Gasteiger partial charge in [0.05, 0.1) is 0 Å². The van der Waals surface area contributed by atoms with Gasteiger partial charge in [-0.2, -0.15) is 0 Å². The minimum Gasteiger partial charge on any atom is -0.356 e. The molecule has 122 valence electrons. The molecule has 3 heterocycles. The van der Waals surface area contributed by atoms with Crippen molar-refractivity contribution < 1.29 is 0 Å². The summed E-state index contributed by atoms with van der Waals surface area (Å²) in [4.78, 5) is 12.1. The summed E-state index contributed by atoms with van der Waals surface area (Å²) in [7, 11) is 0. The highest BCUT2D eigenvalue weighted by atomic mass is 15.2. The van der Waals surface area contributed by atoms with Crippen molar-refractivity contribution in [1.82, 2.24) is 14.5 Å². The van der Waals surface area contributed by atoms with Crippen LogP contribution in [0.15, 0.2) is 24.5 Å². The Morgan fingerprint density at radius 3 is 3.00 bits per heavy atom. The van der Waals surface area contributed by atoms with E-state index < -0.39 is 0 Å². The Morgan fingerprint density at radius 2 is 2.09 bits per heavy atom. The van der Waals surface area contributed by atoms with E-state index in [4.69, 9.17) is 4.98 Å². The number of hydrogen-bond acceptors (Lipinski definition) is 3. The highest BCUT2D eigenvalue weighted by Gasteiger charge is 2.25. The van der Waals surface area contributed by atoms with Crippen LogP contribution in [0.3, 0.4) is 0 Å². The molecule has 0 aromatic carbocycles. The minimum atomic E-state index is 0.525. The number of nitrogens with zero attached hydrogens (tertiary/aromatic N) is 4. The summed E-state index contributed by atoms with van der Waals surface area (Å²) in [5.74, 6) is 2.94. The fraction of sp³-hybridized carbons (Fsp3) is 0.579. The van der Waals surface area contributed by atoms with Crippen LogP contribution in [-0.4, -0.2) is 27.6 Å². The molecule has 0 unspecified atom stereocenters. The second-order valence-corrected chi connectivity index (χ2v) is 6.84. The van der Waals surface area contributed by atoms with Crippen molar-refractivity contribution in [1.29, 1.82) is 0 Å². The molecule has 0 saturated carbocycles. The second-order valence-electron chi connectivity index (χ2n) is 6.84. The predicted octanol–water partition coefficient (Wildman–Crippen LogP) is 3.56. The SMILES string of the molecule is CCn1ccnc1[C@H]1CCCN(c2ccc3c(n2)CCCC3)C1. The molecule has 0 radical (unpaired) electrons. The Bertz CT molecular complexity index is 676. The van der Waals surface area contributed by atoms with Crippen molar-refractivity contribution >= 4 is 5.82 Å². The first-order valence-electron chi connectivity index (χ1n) is 9.10. The van der Waals surface area contributed by atoms with Gasteiger partial charge >= 0.3 is 0 Å². The van der Waals surface area contributed by atoms with Crippen LogP contribution in [-0.2, 0) is 19.4 Å². The van der Waals surface area contributed by atoms with E-state index in [0.717, 1.165) is 26.1 Å². The molecule has 4 heteroatoms. The number of fused-ring (bicyclic) bond motifs is 1. The lowest BCUT2D eigenvalue weighted by atomic mass is 9.95. The fourth-order valence-electron chi connectivity index (χ4n) is 4.09. The van der Waals surface area contributed by atoms with Crippen molar-refractivity contribution in [3.8, 4) is 0 Å². The van der Waals surface area contributed by atoms with Crippen molar-refractivity contribution in [2.45, 2.75) is 57.9 Å². The normalized spacial score (nSPS) is 21.3. The van der Waals surface area contributed by atoms with Gasteiger partial charge in [-0.3, -0.25) is 0 Å². The summed E-state index contributed by atoms with van der Waals surface area (Å²) in [5, 5.41) is 0. The third-order valence-electron chi connectivity index (χ3n) is 5.36. The Labute approximate surface area is 138 Å². The smallest absolute Gasteiger partial charge is 0.128 e. The van der Waals surface area contributed by atoms with Crippen LogP contribution in [0.1, 0.15) is 55.6 Å². The summed E-state index contributed by atoms with van der Waals surface area (Å²) in [6.45, 7) is 5.36. The van der Waals surface area contributed by atoms with E-state index in [-0.39, 0.29) is 0 Å². The first-order valence-corrected chi connectivity index (χ1v) is 9.10. The average Bonchev–Trinajstić information content (AvgIpc) is 3.10. The van der Waals surface area contributed by atoms with Gasteiger partial charge in [-0.1, -0.05) is 6.07 Å². The summed E-state index contributed by atoms with van der Waals surface area (Å²) in [5.41, 5.74) is 2.81. The molecule has 0 N–H and O–H groups in total. The zero-order valence-corrected chi connectivity index (χ0v) is 14.0. The summed E-state index contributed by atoms with van der Waals surface area (Å²) in [6.07, 6.45) is 11.5. The van der Waals surface area contributed by atoms with E-state index in [1.165, 1.54) is 55.0 Å². The maximum atomic E-state index is 4.99. The largest absolute Gasteiger partial charge is 0.356 e. The molecule has 2 aromatic rings. The average molecular weight is 310 g/mol. The number of rotatable bonds is 3. The van der Waals surface area contributed by atoms with Crippen LogP contribution in [0.2, 0.25) is 0 Å². The third kappa shape index (κ3) is 2.87. The van der Waals surface area contributed by atoms with Gasteiger partial charge in [0.2, 0.25) is 0 Å². The molecule has 1 fully saturated rings. The molecule has 0 bridgehead atoms.